The quantitative estimate of drug-likeness (QED) is 0.582. The summed E-state index contributed by atoms with van der Waals surface area (Å²) in [7, 11) is 3.26. The van der Waals surface area contributed by atoms with Gasteiger partial charge in [0.2, 0.25) is 5.91 Å². The van der Waals surface area contributed by atoms with E-state index in [-0.39, 0.29) is 11.9 Å². The lowest BCUT2D eigenvalue weighted by atomic mass is 10.0. The van der Waals surface area contributed by atoms with Gasteiger partial charge in [0.25, 0.3) is 0 Å². The fourth-order valence-electron chi connectivity index (χ4n) is 3.64. The third kappa shape index (κ3) is 3.77. The Kier molecular flexibility index (Phi) is 5.64. The summed E-state index contributed by atoms with van der Waals surface area (Å²) in [6, 6.07) is 8.04. The average molecular weight is 415 g/mol. The van der Waals surface area contributed by atoms with Crippen LogP contribution in [0.3, 0.4) is 0 Å². The van der Waals surface area contributed by atoms with E-state index < -0.39 is 0 Å². The lowest BCUT2D eigenvalue weighted by Crippen LogP contribution is -2.31. The summed E-state index contributed by atoms with van der Waals surface area (Å²) in [4.78, 5) is 19.6. The number of hydrogen-bond donors (Lipinski definition) is 0. The van der Waals surface area contributed by atoms with Gasteiger partial charge in [-0.05, 0) is 42.0 Å². The van der Waals surface area contributed by atoms with Crippen LogP contribution in [0.4, 0.5) is 0 Å². The first kappa shape index (κ1) is 19.0. The van der Waals surface area contributed by atoms with Crippen molar-refractivity contribution in [1.82, 2.24) is 9.88 Å². The van der Waals surface area contributed by atoms with E-state index in [0.717, 1.165) is 41.2 Å². The molecule has 0 spiro atoms. The van der Waals surface area contributed by atoms with E-state index >= 15 is 0 Å². The predicted molar refractivity (Wildman–Crippen MR) is 112 cm³/mol. The lowest BCUT2D eigenvalue weighted by molar-refractivity contribution is -0.131. The van der Waals surface area contributed by atoms with Crippen LogP contribution in [0.15, 0.2) is 40.4 Å². The Bertz CT molecular complexity index is 952. The fraction of sp³-hybridized carbons (Fsp3) is 0.333. The normalized spacial score (nSPS) is 16.4. The smallest absolute Gasteiger partial charge is 0.229 e. The molecule has 1 fully saturated rings. The number of thiazole rings is 1. The number of carbonyl (C=O) groups excluding carboxylic acids is 1. The molecule has 1 atom stereocenters. The van der Waals surface area contributed by atoms with Crippen molar-refractivity contribution in [2.24, 2.45) is 0 Å². The summed E-state index contributed by atoms with van der Waals surface area (Å²) in [5, 5.41) is 7.09. The number of methoxy groups -OCH3 is 2. The molecule has 0 unspecified atom stereocenters. The molecule has 2 aromatic heterocycles. The predicted octanol–water partition coefficient (Wildman–Crippen LogP) is 4.80. The van der Waals surface area contributed by atoms with E-state index in [1.165, 1.54) is 0 Å². The van der Waals surface area contributed by atoms with E-state index in [1.807, 2.05) is 33.9 Å². The molecule has 0 saturated carbocycles. The standard InChI is InChI=1S/C21H22N2O3S2/c1-25-18-6-5-14(10-19(18)26-2)17-4-3-8-23(17)20(24)11-16-13-28-21(22-16)15-7-9-27-12-15/h5-7,9-10,12-13,17H,3-4,8,11H2,1-2H3/t17-/m0/s1. The maximum absolute atomic E-state index is 13.0. The van der Waals surface area contributed by atoms with E-state index in [9.17, 15) is 4.79 Å². The molecule has 0 N–H and O–H groups in total. The average Bonchev–Trinajstić information content (AvgIpc) is 3.48. The highest BCUT2D eigenvalue weighted by molar-refractivity contribution is 7.14. The topological polar surface area (TPSA) is 51.7 Å². The van der Waals surface area contributed by atoms with Crippen LogP contribution in [0.5, 0.6) is 11.5 Å². The van der Waals surface area contributed by atoms with Crippen molar-refractivity contribution in [2.45, 2.75) is 25.3 Å². The minimum atomic E-state index is 0.0716. The molecule has 0 radical (unpaired) electrons. The van der Waals surface area contributed by atoms with Crippen LogP contribution >= 0.6 is 22.7 Å². The van der Waals surface area contributed by atoms with E-state index in [1.54, 1.807) is 36.9 Å². The molecule has 0 aliphatic carbocycles. The van der Waals surface area contributed by atoms with Gasteiger partial charge in [0.15, 0.2) is 11.5 Å². The second kappa shape index (κ2) is 8.32. The van der Waals surface area contributed by atoms with Crippen molar-refractivity contribution < 1.29 is 14.3 Å². The molecule has 1 saturated heterocycles. The zero-order valence-electron chi connectivity index (χ0n) is 15.9. The van der Waals surface area contributed by atoms with Crippen LogP contribution in [-0.2, 0) is 11.2 Å². The Hall–Kier alpha value is -2.38. The molecule has 1 amide bonds. The van der Waals surface area contributed by atoms with Crippen LogP contribution in [0.25, 0.3) is 10.6 Å². The second-order valence-corrected chi connectivity index (χ2v) is 8.33. The van der Waals surface area contributed by atoms with Crippen LogP contribution in [-0.4, -0.2) is 36.6 Å². The van der Waals surface area contributed by atoms with Gasteiger partial charge in [0.05, 0.1) is 32.4 Å². The van der Waals surface area contributed by atoms with Crippen LogP contribution in [0.1, 0.15) is 30.1 Å². The first-order valence-corrected chi connectivity index (χ1v) is 11.0. The van der Waals surface area contributed by atoms with Crippen molar-refractivity contribution in [2.75, 3.05) is 20.8 Å². The van der Waals surface area contributed by atoms with Gasteiger partial charge in [-0.1, -0.05) is 6.07 Å². The maximum Gasteiger partial charge on any atom is 0.229 e. The number of thiophene rings is 1. The van der Waals surface area contributed by atoms with Gasteiger partial charge in [-0.3, -0.25) is 4.79 Å². The molecule has 1 aliphatic heterocycles. The summed E-state index contributed by atoms with van der Waals surface area (Å²) in [5.41, 5.74) is 3.05. The molecule has 3 heterocycles. The molecule has 0 bridgehead atoms. The SMILES string of the molecule is COc1ccc([C@@H]2CCCN2C(=O)Cc2csc(-c3ccsc3)n2)cc1OC. The number of hydrogen-bond acceptors (Lipinski definition) is 6. The number of carbonyl (C=O) groups is 1. The number of aromatic nitrogens is 1. The van der Waals surface area contributed by atoms with Crippen LogP contribution in [0, 0.1) is 0 Å². The zero-order valence-corrected chi connectivity index (χ0v) is 17.5. The summed E-state index contributed by atoms with van der Waals surface area (Å²) in [6.45, 7) is 0.777. The molecule has 146 valence electrons. The summed E-state index contributed by atoms with van der Waals surface area (Å²) < 4.78 is 10.8. The number of amides is 1. The third-order valence-electron chi connectivity index (χ3n) is 5.02. The molecule has 7 heteroatoms. The van der Waals surface area contributed by atoms with Crippen molar-refractivity contribution in [3.63, 3.8) is 0 Å². The van der Waals surface area contributed by atoms with E-state index in [0.29, 0.717) is 17.9 Å². The van der Waals surface area contributed by atoms with Gasteiger partial charge in [0.1, 0.15) is 5.01 Å². The molecule has 1 aromatic carbocycles. The fourth-order valence-corrected chi connectivity index (χ4v) is 5.17. The first-order chi connectivity index (χ1) is 13.7. The largest absolute Gasteiger partial charge is 0.493 e. The van der Waals surface area contributed by atoms with Gasteiger partial charge in [-0.2, -0.15) is 11.3 Å². The van der Waals surface area contributed by atoms with E-state index in [4.69, 9.17) is 9.47 Å². The minimum Gasteiger partial charge on any atom is -0.493 e. The molecule has 28 heavy (non-hydrogen) atoms. The third-order valence-corrected chi connectivity index (χ3v) is 6.64. The van der Waals surface area contributed by atoms with Crippen LogP contribution in [0.2, 0.25) is 0 Å². The monoisotopic (exact) mass is 414 g/mol. The highest BCUT2D eigenvalue weighted by Gasteiger charge is 2.30. The first-order valence-electron chi connectivity index (χ1n) is 9.18. The Morgan fingerprint density at radius 3 is 2.82 bits per heavy atom. The Balaban J connectivity index is 1.49. The van der Waals surface area contributed by atoms with Crippen molar-refractivity contribution >= 4 is 28.6 Å². The Labute approximate surface area is 172 Å². The van der Waals surface area contributed by atoms with Crippen molar-refractivity contribution in [3.8, 4) is 22.1 Å². The van der Waals surface area contributed by atoms with Gasteiger partial charge in [-0.25, -0.2) is 4.98 Å². The highest BCUT2D eigenvalue weighted by atomic mass is 32.1. The minimum absolute atomic E-state index is 0.0716. The highest BCUT2D eigenvalue weighted by Crippen LogP contribution is 2.37. The van der Waals surface area contributed by atoms with Gasteiger partial charge >= 0.3 is 0 Å². The molecule has 1 aliphatic rings. The van der Waals surface area contributed by atoms with Gasteiger partial charge < -0.3 is 14.4 Å². The molecule has 4 rings (SSSR count). The van der Waals surface area contributed by atoms with Crippen molar-refractivity contribution in [3.05, 3.63) is 51.7 Å². The Morgan fingerprint density at radius 2 is 2.07 bits per heavy atom. The second-order valence-electron chi connectivity index (χ2n) is 6.69. The number of nitrogens with zero attached hydrogens (tertiary/aromatic N) is 2. The summed E-state index contributed by atoms with van der Waals surface area (Å²) in [6.07, 6.45) is 2.30. The van der Waals surface area contributed by atoms with Crippen LogP contribution < -0.4 is 9.47 Å². The molecule has 5 nitrogen and oxygen atoms in total. The van der Waals surface area contributed by atoms with Crippen molar-refractivity contribution in [1.29, 1.82) is 0 Å². The van der Waals surface area contributed by atoms with Gasteiger partial charge in [0, 0.05) is 22.9 Å². The number of rotatable bonds is 6. The number of ether oxygens (including phenoxy) is 2. The summed E-state index contributed by atoms with van der Waals surface area (Å²) >= 11 is 3.25. The number of likely N-dealkylation sites (tertiary alicyclic amines) is 1. The molecule has 3 aromatic rings. The Morgan fingerprint density at radius 1 is 1.21 bits per heavy atom. The molecular weight excluding hydrogens is 392 g/mol. The van der Waals surface area contributed by atoms with Gasteiger partial charge in [-0.15, -0.1) is 11.3 Å². The summed E-state index contributed by atoms with van der Waals surface area (Å²) in [5.74, 6) is 1.52. The molecular formula is C21H22N2O3S2. The lowest BCUT2D eigenvalue weighted by Gasteiger charge is -2.25. The number of benzene rings is 1. The van der Waals surface area contributed by atoms with E-state index in [2.05, 4.69) is 16.4 Å². The zero-order chi connectivity index (χ0) is 19.5. The maximum atomic E-state index is 13.0.